The maximum atomic E-state index is 12.3. The zero-order valence-corrected chi connectivity index (χ0v) is 19.9. The third-order valence-corrected chi connectivity index (χ3v) is 6.02. The van der Waals surface area contributed by atoms with Gasteiger partial charge in [0.2, 0.25) is 5.91 Å². The molecule has 0 bridgehead atoms. The Hall–Kier alpha value is -2.80. The van der Waals surface area contributed by atoms with Crippen molar-refractivity contribution in [1.29, 1.82) is 0 Å². The first-order valence-electron chi connectivity index (χ1n) is 11.0. The number of amides is 1. The van der Waals surface area contributed by atoms with E-state index in [-0.39, 0.29) is 17.3 Å². The highest BCUT2D eigenvalue weighted by molar-refractivity contribution is 8.15. The molecule has 0 aromatic heterocycles. The summed E-state index contributed by atoms with van der Waals surface area (Å²) in [6.45, 7) is 6.13. The lowest BCUT2D eigenvalue weighted by atomic mass is 10.0. The average molecular weight is 454 g/mol. The van der Waals surface area contributed by atoms with Gasteiger partial charge in [-0.3, -0.25) is 4.79 Å². The van der Waals surface area contributed by atoms with Gasteiger partial charge in [0.05, 0.1) is 24.7 Å². The smallest absolute Gasteiger partial charge is 0.239 e. The first-order chi connectivity index (χ1) is 15.5. The summed E-state index contributed by atoms with van der Waals surface area (Å²) in [4.78, 5) is 12.3. The number of methoxy groups -OCH3 is 1. The summed E-state index contributed by atoms with van der Waals surface area (Å²) in [7, 11) is 1.60. The normalized spacial score (nSPS) is 17.3. The molecule has 0 aliphatic carbocycles. The van der Waals surface area contributed by atoms with Crippen LogP contribution in [0.2, 0.25) is 0 Å². The fourth-order valence-electron chi connectivity index (χ4n) is 3.29. The van der Waals surface area contributed by atoms with E-state index in [9.17, 15) is 4.79 Å². The van der Waals surface area contributed by atoms with Crippen molar-refractivity contribution in [1.82, 2.24) is 5.32 Å². The number of benzene rings is 2. The quantitative estimate of drug-likeness (QED) is 0.406. The lowest BCUT2D eigenvalue weighted by Gasteiger charge is -2.13. The number of carbonyl (C=O) groups excluding carboxylic acids is 1. The van der Waals surface area contributed by atoms with E-state index in [1.54, 1.807) is 13.3 Å². The Bertz CT molecular complexity index is 971. The molecule has 1 unspecified atom stereocenters. The molecular formula is C25H31N3O3S. The molecule has 3 rings (SSSR count). The third-order valence-electron chi connectivity index (χ3n) is 4.95. The molecule has 2 aromatic carbocycles. The maximum absolute atomic E-state index is 12.3. The standard InChI is InChI=1S/C25H31N3O3S/c1-5-6-7-18-8-10-19(11-9-18)15-23-24(29)27-25(32-23)28-26-16-20-12-13-21(31-17(2)3)22(14-20)30-4/h8-14,16-17,23H,5-7,15H2,1-4H3,(H,27,28,29). The molecule has 6 nitrogen and oxygen atoms in total. The van der Waals surface area contributed by atoms with Crippen LogP contribution in [-0.4, -0.2) is 35.8 Å². The van der Waals surface area contributed by atoms with Crippen LogP contribution in [0, 0.1) is 0 Å². The molecule has 1 aliphatic heterocycles. The number of nitrogens with one attached hydrogen (secondary N) is 1. The Kier molecular flexibility index (Phi) is 8.73. The van der Waals surface area contributed by atoms with Crippen molar-refractivity contribution in [3.8, 4) is 11.5 Å². The second-order valence-corrected chi connectivity index (χ2v) is 9.14. The summed E-state index contributed by atoms with van der Waals surface area (Å²) in [5.74, 6) is 1.29. The zero-order chi connectivity index (χ0) is 22.9. The van der Waals surface area contributed by atoms with E-state index < -0.39 is 0 Å². The van der Waals surface area contributed by atoms with Gasteiger partial charge >= 0.3 is 0 Å². The van der Waals surface area contributed by atoms with Gasteiger partial charge in [0.15, 0.2) is 16.7 Å². The molecule has 1 heterocycles. The number of carbonyl (C=O) groups is 1. The Morgan fingerprint density at radius 3 is 2.56 bits per heavy atom. The van der Waals surface area contributed by atoms with Gasteiger partial charge in [0, 0.05) is 0 Å². The van der Waals surface area contributed by atoms with Gasteiger partial charge in [-0.2, -0.15) is 5.10 Å². The lowest BCUT2D eigenvalue weighted by molar-refractivity contribution is -0.118. The predicted molar refractivity (Wildman–Crippen MR) is 132 cm³/mol. The summed E-state index contributed by atoms with van der Waals surface area (Å²) >= 11 is 1.41. The zero-order valence-electron chi connectivity index (χ0n) is 19.1. The van der Waals surface area contributed by atoms with Crippen molar-refractivity contribution in [2.45, 2.75) is 57.8 Å². The minimum Gasteiger partial charge on any atom is -0.493 e. The Morgan fingerprint density at radius 1 is 1.12 bits per heavy atom. The molecule has 0 saturated carbocycles. The number of ether oxygens (including phenoxy) is 2. The van der Waals surface area contributed by atoms with Crippen LogP contribution in [0.4, 0.5) is 0 Å². The number of nitrogens with zero attached hydrogens (tertiary/aromatic N) is 2. The van der Waals surface area contributed by atoms with Crippen LogP contribution in [0.1, 0.15) is 50.3 Å². The highest BCUT2D eigenvalue weighted by Crippen LogP contribution is 2.28. The fraction of sp³-hybridized carbons (Fsp3) is 0.400. The minimum atomic E-state index is -0.196. The number of amidine groups is 1. The highest BCUT2D eigenvalue weighted by Gasteiger charge is 2.30. The van der Waals surface area contributed by atoms with Gasteiger partial charge in [0.1, 0.15) is 0 Å². The SMILES string of the molecule is CCCCc1ccc(CC2S/C(=N/N=Cc3ccc(OC(C)C)c(OC)c3)NC2=O)cc1. The molecule has 1 fully saturated rings. The summed E-state index contributed by atoms with van der Waals surface area (Å²) in [6, 6.07) is 14.1. The summed E-state index contributed by atoms with van der Waals surface area (Å²) < 4.78 is 11.1. The maximum Gasteiger partial charge on any atom is 0.239 e. The Balaban J connectivity index is 1.58. The van der Waals surface area contributed by atoms with Gasteiger partial charge < -0.3 is 14.8 Å². The van der Waals surface area contributed by atoms with Crippen LogP contribution in [0.25, 0.3) is 0 Å². The first-order valence-corrected chi connectivity index (χ1v) is 11.9. The molecule has 32 heavy (non-hydrogen) atoms. The van der Waals surface area contributed by atoms with E-state index in [2.05, 4.69) is 46.7 Å². The molecule has 1 saturated heterocycles. The molecule has 7 heteroatoms. The van der Waals surface area contributed by atoms with E-state index in [1.165, 1.54) is 30.2 Å². The van der Waals surface area contributed by atoms with Crippen LogP contribution in [0.3, 0.4) is 0 Å². The number of hydrogen-bond acceptors (Lipinski definition) is 6. The van der Waals surface area contributed by atoms with Crippen LogP contribution < -0.4 is 14.8 Å². The van der Waals surface area contributed by atoms with Gasteiger partial charge in [-0.1, -0.05) is 49.4 Å². The third kappa shape index (κ3) is 6.85. The number of thioether (sulfide) groups is 1. The summed E-state index contributed by atoms with van der Waals surface area (Å²) in [5, 5.41) is 11.5. The van der Waals surface area contributed by atoms with E-state index >= 15 is 0 Å². The van der Waals surface area contributed by atoms with Crippen molar-refractivity contribution >= 4 is 29.1 Å². The van der Waals surface area contributed by atoms with E-state index in [0.29, 0.717) is 23.1 Å². The first kappa shape index (κ1) is 23.9. The van der Waals surface area contributed by atoms with Crippen LogP contribution in [0.15, 0.2) is 52.7 Å². The van der Waals surface area contributed by atoms with Gasteiger partial charge in [-0.15, -0.1) is 5.10 Å². The largest absolute Gasteiger partial charge is 0.493 e. The number of hydrogen-bond donors (Lipinski definition) is 1. The molecule has 0 spiro atoms. The summed E-state index contributed by atoms with van der Waals surface area (Å²) in [5.41, 5.74) is 3.32. The topological polar surface area (TPSA) is 72.3 Å². The number of aryl methyl sites for hydroxylation is 1. The van der Waals surface area contributed by atoms with Gasteiger partial charge in [-0.25, -0.2) is 0 Å². The lowest BCUT2D eigenvalue weighted by Crippen LogP contribution is -2.25. The molecule has 2 aromatic rings. The van der Waals surface area contributed by atoms with Crippen molar-refractivity contribution in [2.75, 3.05) is 7.11 Å². The monoisotopic (exact) mass is 453 g/mol. The molecular weight excluding hydrogens is 422 g/mol. The average Bonchev–Trinajstić information content (AvgIpc) is 3.12. The molecule has 1 amide bonds. The van der Waals surface area contributed by atoms with Crippen LogP contribution in [0.5, 0.6) is 11.5 Å². The van der Waals surface area contributed by atoms with Crippen molar-refractivity contribution in [3.63, 3.8) is 0 Å². The van der Waals surface area contributed by atoms with Crippen molar-refractivity contribution < 1.29 is 14.3 Å². The number of unbranched alkanes of at least 4 members (excludes halogenated alkanes) is 1. The van der Waals surface area contributed by atoms with Crippen LogP contribution >= 0.6 is 11.8 Å². The highest BCUT2D eigenvalue weighted by atomic mass is 32.2. The second kappa shape index (κ2) is 11.7. The molecule has 170 valence electrons. The van der Waals surface area contributed by atoms with E-state index in [0.717, 1.165) is 17.5 Å². The van der Waals surface area contributed by atoms with Crippen LogP contribution in [-0.2, 0) is 17.6 Å². The molecule has 0 radical (unpaired) electrons. The molecule has 1 atom stereocenters. The molecule has 1 aliphatic rings. The Morgan fingerprint density at radius 2 is 1.88 bits per heavy atom. The van der Waals surface area contributed by atoms with E-state index in [1.807, 2.05) is 32.0 Å². The van der Waals surface area contributed by atoms with E-state index in [4.69, 9.17) is 9.47 Å². The van der Waals surface area contributed by atoms with Gasteiger partial charge in [0.25, 0.3) is 0 Å². The van der Waals surface area contributed by atoms with Crippen molar-refractivity contribution in [3.05, 3.63) is 59.2 Å². The second-order valence-electron chi connectivity index (χ2n) is 7.95. The number of rotatable bonds is 10. The van der Waals surface area contributed by atoms with Gasteiger partial charge in [-0.05, 0) is 68.0 Å². The Labute approximate surface area is 194 Å². The van der Waals surface area contributed by atoms with Crippen molar-refractivity contribution in [2.24, 2.45) is 10.2 Å². The minimum absolute atomic E-state index is 0.0316. The predicted octanol–water partition coefficient (Wildman–Crippen LogP) is 4.99. The fourth-order valence-corrected chi connectivity index (χ4v) is 4.25. The summed E-state index contributed by atoms with van der Waals surface area (Å²) in [6.07, 6.45) is 5.85. The molecule has 1 N–H and O–H groups in total.